The summed E-state index contributed by atoms with van der Waals surface area (Å²) >= 11 is 0. The van der Waals surface area contributed by atoms with Crippen molar-refractivity contribution in [1.82, 2.24) is 0 Å². The van der Waals surface area contributed by atoms with E-state index in [4.69, 9.17) is 0 Å². The van der Waals surface area contributed by atoms with Gasteiger partial charge in [0, 0.05) is 0 Å². The summed E-state index contributed by atoms with van der Waals surface area (Å²) in [6.45, 7) is 17.6. The molecular formula is C16H30O. The highest BCUT2D eigenvalue weighted by atomic mass is 16.1. The van der Waals surface area contributed by atoms with Gasteiger partial charge in [-0.15, -0.1) is 0 Å². The lowest BCUT2D eigenvalue weighted by molar-refractivity contribution is -0.112. The Morgan fingerprint density at radius 1 is 1.12 bits per heavy atom. The minimum absolute atomic E-state index is 0.139. The summed E-state index contributed by atoms with van der Waals surface area (Å²) in [5.74, 6) is 1.18. The first-order valence-corrected chi connectivity index (χ1v) is 6.62. The molecule has 0 aliphatic carbocycles. The van der Waals surface area contributed by atoms with Gasteiger partial charge in [0.25, 0.3) is 0 Å². The van der Waals surface area contributed by atoms with E-state index in [0.717, 1.165) is 0 Å². The average Bonchev–Trinajstić information content (AvgIpc) is 2.07. The van der Waals surface area contributed by atoms with E-state index < -0.39 is 0 Å². The number of ketones is 1. The predicted molar refractivity (Wildman–Crippen MR) is 76.0 cm³/mol. The molecule has 0 rings (SSSR count). The Morgan fingerprint density at radius 3 is 1.88 bits per heavy atom. The minimum atomic E-state index is 0.139. The van der Waals surface area contributed by atoms with E-state index in [-0.39, 0.29) is 11.2 Å². The fourth-order valence-electron chi connectivity index (χ4n) is 2.36. The van der Waals surface area contributed by atoms with Gasteiger partial charge in [0.1, 0.15) is 0 Å². The van der Waals surface area contributed by atoms with Gasteiger partial charge in [-0.1, -0.05) is 54.5 Å². The standard InChI is InChI=1S/C16H30O/c1-12(9-10-13(2)17)14(16(6,7)8)11-15(3,4)5/h9-10,12,14H,11H2,1-8H3/b10-9-. The van der Waals surface area contributed by atoms with Gasteiger partial charge in [-0.2, -0.15) is 0 Å². The first-order valence-electron chi connectivity index (χ1n) is 6.62. The normalized spacial score (nSPS) is 17.2. The Labute approximate surface area is 108 Å². The summed E-state index contributed by atoms with van der Waals surface area (Å²) in [4.78, 5) is 11.0. The molecule has 0 spiro atoms. The molecule has 17 heavy (non-hydrogen) atoms. The number of carbonyl (C=O) groups excluding carboxylic acids is 1. The van der Waals surface area contributed by atoms with Crippen molar-refractivity contribution >= 4 is 5.78 Å². The molecule has 0 amide bonds. The predicted octanol–water partition coefficient (Wildman–Crippen LogP) is 4.87. The first kappa shape index (κ1) is 16.4. The van der Waals surface area contributed by atoms with Gasteiger partial charge in [-0.25, -0.2) is 0 Å². The van der Waals surface area contributed by atoms with Crippen molar-refractivity contribution < 1.29 is 4.79 Å². The number of hydrogen-bond acceptors (Lipinski definition) is 1. The Morgan fingerprint density at radius 2 is 1.59 bits per heavy atom. The van der Waals surface area contributed by atoms with Crippen molar-refractivity contribution in [3.63, 3.8) is 0 Å². The van der Waals surface area contributed by atoms with Crippen LogP contribution >= 0.6 is 0 Å². The summed E-state index contributed by atoms with van der Waals surface area (Å²) in [7, 11) is 0. The Balaban J connectivity index is 4.88. The van der Waals surface area contributed by atoms with Crippen molar-refractivity contribution in [2.75, 3.05) is 0 Å². The second-order valence-corrected chi connectivity index (χ2v) is 7.57. The van der Waals surface area contributed by atoms with Crippen LogP contribution < -0.4 is 0 Å². The van der Waals surface area contributed by atoms with Crippen molar-refractivity contribution in [3.8, 4) is 0 Å². The van der Waals surface area contributed by atoms with E-state index in [1.807, 2.05) is 0 Å². The fourth-order valence-corrected chi connectivity index (χ4v) is 2.36. The van der Waals surface area contributed by atoms with E-state index in [1.165, 1.54) is 6.42 Å². The van der Waals surface area contributed by atoms with Crippen molar-refractivity contribution in [2.45, 2.75) is 61.8 Å². The van der Waals surface area contributed by atoms with E-state index in [2.05, 4.69) is 54.5 Å². The lowest BCUT2D eigenvalue weighted by Crippen LogP contribution is -2.30. The molecule has 0 fully saturated rings. The first-order chi connectivity index (χ1) is 7.43. The summed E-state index contributed by atoms with van der Waals surface area (Å²) < 4.78 is 0. The van der Waals surface area contributed by atoms with Gasteiger partial charge >= 0.3 is 0 Å². The van der Waals surface area contributed by atoms with Crippen LogP contribution in [0.5, 0.6) is 0 Å². The molecule has 2 unspecified atom stereocenters. The largest absolute Gasteiger partial charge is 0.295 e. The van der Waals surface area contributed by atoms with E-state index in [9.17, 15) is 4.79 Å². The second kappa shape index (κ2) is 5.84. The number of rotatable bonds is 4. The third kappa shape index (κ3) is 7.36. The second-order valence-electron chi connectivity index (χ2n) is 7.57. The zero-order valence-electron chi connectivity index (χ0n) is 12.9. The third-order valence-corrected chi connectivity index (χ3v) is 3.21. The molecule has 100 valence electrons. The summed E-state index contributed by atoms with van der Waals surface area (Å²) in [5.41, 5.74) is 0.601. The monoisotopic (exact) mass is 238 g/mol. The highest BCUT2D eigenvalue weighted by molar-refractivity contribution is 5.87. The maximum atomic E-state index is 11.0. The Kier molecular flexibility index (Phi) is 5.64. The molecule has 0 aliphatic heterocycles. The van der Waals surface area contributed by atoms with E-state index in [1.54, 1.807) is 13.0 Å². The minimum Gasteiger partial charge on any atom is -0.295 e. The summed E-state index contributed by atoms with van der Waals surface area (Å²) in [6.07, 6.45) is 4.97. The maximum Gasteiger partial charge on any atom is 0.152 e. The van der Waals surface area contributed by atoms with Gasteiger partial charge in [-0.05, 0) is 42.1 Å². The molecule has 0 aromatic heterocycles. The van der Waals surface area contributed by atoms with E-state index >= 15 is 0 Å². The van der Waals surface area contributed by atoms with Crippen LogP contribution in [0.2, 0.25) is 0 Å². The number of carbonyl (C=O) groups is 1. The fraction of sp³-hybridized carbons (Fsp3) is 0.812. The molecule has 0 bridgehead atoms. The highest BCUT2D eigenvalue weighted by Gasteiger charge is 2.31. The van der Waals surface area contributed by atoms with Crippen LogP contribution in [0.3, 0.4) is 0 Å². The molecule has 0 aromatic carbocycles. The maximum absolute atomic E-state index is 11.0. The molecule has 0 saturated carbocycles. The third-order valence-electron chi connectivity index (χ3n) is 3.21. The number of allylic oxidation sites excluding steroid dienone is 2. The van der Waals surface area contributed by atoms with Crippen LogP contribution in [-0.4, -0.2) is 5.78 Å². The van der Waals surface area contributed by atoms with Gasteiger partial charge in [0.2, 0.25) is 0 Å². The van der Waals surface area contributed by atoms with Crippen molar-refractivity contribution in [1.29, 1.82) is 0 Å². The zero-order chi connectivity index (χ0) is 13.9. The summed E-state index contributed by atoms with van der Waals surface area (Å²) in [5, 5.41) is 0. The molecule has 0 aromatic rings. The molecule has 0 radical (unpaired) electrons. The van der Waals surface area contributed by atoms with Crippen LogP contribution in [-0.2, 0) is 4.79 Å². The molecule has 0 aliphatic rings. The van der Waals surface area contributed by atoms with Gasteiger partial charge in [0.05, 0.1) is 0 Å². The molecule has 1 heteroatoms. The average molecular weight is 238 g/mol. The Bertz CT molecular complexity index is 273. The van der Waals surface area contributed by atoms with Crippen LogP contribution in [0.4, 0.5) is 0 Å². The van der Waals surface area contributed by atoms with Crippen LogP contribution in [0.25, 0.3) is 0 Å². The molecule has 0 saturated heterocycles. The molecule has 2 atom stereocenters. The summed E-state index contributed by atoms with van der Waals surface area (Å²) in [6, 6.07) is 0. The number of hydrogen-bond donors (Lipinski definition) is 0. The lowest BCUT2D eigenvalue weighted by atomic mass is 9.67. The van der Waals surface area contributed by atoms with Crippen molar-refractivity contribution in [3.05, 3.63) is 12.2 Å². The quantitative estimate of drug-likeness (QED) is 0.639. The van der Waals surface area contributed by atoms with Gasteiger partial charge in [0.15, 0.2) is 5.78 Å². The van der Waals surface area contributed by atoms with Crippen LogP contribution in [0, 0.1) is 22.7 Å². The van der Waals surface area contributed by atoms with Gasteiger partial charge < -0.3 is 0 Å². The Hall–Kier alpha value is -0.590. The SMILES string of the molecule is CC(=O)/C=C\C(C)C(CC(C)(C)C)C(C)(C)C. The topological polar surface area (TPSA) is 17.1 Å². The van der Waals surface area contributed by atoms with Crippen LogP contribution in [0.15, 0.2) is 12.2 Å². The van der Waals surface area contributed by atoms with Crippen molar-refractivity contribution in [2.24, 2.45) is 22.7 Å². The highest BCUT2D eigenvalue weighted by Crippen LogP contribution is 2.40. The molecule has 1 nitrogen and oxygen atoms in total. The molecule has 0 N–H and O–H groups in total. The van der Waals surface area contributed by atoms with Crippen LogP contribution in [0.1, 0.15) is 61.8 Å². The van der Waals surface area contributed by atoms with E-state index in [0.29, 0.717) is 17.3 Å². The lowest BCUT2D eigenvalue weighted by Gasteiger charge is -2.38. The molecular weight excluding hydrogens is 208 g/mol. The molecule has 0 heterocycles. The smallest absolute Gasteiger partial charge is 0.152 e. The van der Waals surface area contributed by atoms with Gasteiger partial charge in [-0.3, -0.25) is 4.79 Å². The zero-order valence-corrected chi connectivity index (χ0v) is 12.9.